The number of carbonyl (C=O) groups is 1. The number of hydrogen-bond donors (Lipinski definition) is 1. The molecule has 6 nitrogen and oxygen atoms in total. The number of thioether (sulfide) groups is 1. The van der Waals surface area contributed by atoms with Crippen molar-refractivity contribution in [1.82, 2.24) is 15.1 Å². The largest absolute Gasteiger partial charge is 0.486 e. The van der Waals surface area contributed by atoms with Gasteiger partial charge in [-0.25, -0.2) is 0 Å². The van der Waals surface area contributed by atoms with Crippen LogP contribution in [0.15, 0.2) is 22.5 Å². The van der Waals surface area contributed by atoms with Crippen LogP contribution in [0.5, 0.6) is 5.75 Å². The van der Waals surface area contributed by atoms with E-state index in [2.05, 4.69) is 10.2 Å². The molecule has 0 atom stereocenters. The Balaban J connectivity index is 1.46. The van der Waals surface area contributed by atoms with E-state index >= 15 is 0 Å². The Bertz CT molecular complexity index is 693. The second-order valence-electron chi connectivity index (χ2n) is 5.45. The Morgan fingerprint density at radius 2 is 2.09 bits per heavy atom. The van der Waals surface area contributed by atoms with E-state index in [9.17, 15) is 4.79 Å². The SMILES string of the molecule is Cc1cccc(C)c1OC1CN(C(=O)CSc2nnc(N)s2)C1. The first-order chi connectivity index (χ1) is 11.0. The van der Waals surface area contributed by atoms with Gasteiger partial charge in [0.05, 0.1) is 18.8 Å². The third-order valence-electron chi connectivity index (χ3n) is 3.64. The van der Waals surface area contributed by atoms with Crippen molar-refractivity contribution in [1.29, 1.82) is 0 Å². The van der Waals surface area contributed by atoms with Gasteiger partial charge in [-0.15, -0.1) is 10.2 Å². The molecule has 2 aromatic rings. The predicted molar refractivity (Wildman–Crippen MR) is 92.0 cm³/mol. The van der Waals surface area contributed by atoms with Gasteiger partial charge in [0.15, 0.2) is 4.34 Å². The first-order valence-electron chi connectivity index (χ1n) is 7.25. The number of likely N-dealkylation sites (tertiary alicyclic amines) is 1. The number of anilines is 1. The summed E-state index contributed by atoms with van der Waals surface area (Å²) in [5, 5.41) is 8.04. The summed E-state index contributed by atoms with van der Waals surface area (Å²) in [6, 6.07) is 6.09. The van der Waals surface area contributed by atoms with E-state index in [4.69, 9.17) is 10.5 Å². The first kappa shape index (κ1) is 16.1. The third kappa shape index (κ3) is 3.76. The normalized spacial score (nSPS) is 14.6. The average molecular weight is 350 g/mol. The van der Waals surface area contributed by atoms with Crippen LogP contribution >= 0.6 is 23.1 Å². The lowest BCUT2D eigenvalue weighted by Gasteiger charge is -2.39. The Morgan fingerprint density at radius 3 is 2.70 bits per heavy atom. The predicted octanol–water partition coefficient (Wildman–Crippen LogP) is 2.12. The number of ether oxygens (including phenoxy) is 1. The molecule has 0 radical (unpaired) electrons. The average Bonchev–Trinajstić information content (AvgIpc) is 2.88. The third-order valence-corrected chi connectivity index (χ3v) is 5.51. The van der Waals surface area contributed by atoms with Crippen molar-refractivity contribution in [2.24, 2.45) is 0 Å². The number of carbonyl (C=O) groups excluding carboxylic acids is 1. The molecule has 8 heteroatoms. The number of nitrogen functional groups attached to an aromatic ring is 1. The van der Waals surface area contributed by atoms with Crippen LogP contribution in [-0.2, 0) is 4.79 Å². The minimum Gasteiger partial charge on any atom is -0.486 e. The Hall–Kier alpha value is -1.80. The topological polar surface area (TPSA) is 81.3 Å². The van der Waals surface area contributed by atoms with Crippen LogP contribution in [0.4, 0.5) is 5.13 Å². The van der Waals surface area contributed by atoms with E-state index in [-0.39, 0.29) is 12.0 Å². The summed E-state index contributed by atoms with van der Waals surface area (Å²) in [5.41, 5.74) is 7.77. The molecule has 3 rings (SSSR count). The highest BCUT2D eigenvalue weighted by atomic mass is 32.2. The van der Waals surface area contributed by atoms with Gasteiger partial charge in [-0.1, -0.05) is 41.3 Å². The lowest BCUT2D eigenvalue weighted by molar-refractivity contribution is -0.137. The van der Waals surface area contributed by atoms with Crippen molar-refractivity contribution < 1.29 is 9.53 Å². The Morgan fingerprint density at radius 1 is 1.39 bits per heavy atom. The zero-order chi connectivity index (χ0) is 16.4. The molecule has 1 aromatic carbocycles. The molecule has 0 saturated carbocycles. The molecular formula is C15H18N4O2S2. The number of aryl methyl sites for hydroxylation is 2. The van der Waals surface area contributed by atoms with Crippen molar-refractivity contribution in [2.45, 2.75) is 24.3 Å². The van der Waals surface area contributed by atoms with Crippen LogP contribution in [0.3, 0.4) is 0 Å². The summed E-state index contributed by atoms with van der Waals surface area (Å²) >= 11 is 2.67. The van der Waals surface area contributed by atoms with Gasteiger partial charge >= 0.3 is 0 Å². The number of para-hydroxylation sites is 1. The molecule has 23 heavy (non-hydrogen) atoms. The summed E-state index contributed by atoms with van der Waals surface area (Å²) in [4.78, 5) is 13.9. The van der Waals surface area contributed by atoms with Gasteiger partial charge in [-0.05, 0) is 25.0 Å². The summed E-state index contributed by atoms with van der Waals surface area (Å²) in [7, 11) is 0. The second kappa shape index (κ2) is 6.76. The van der Waals surface area contributed by atoms with Crippen molar-refractivity contribution >= 4 is 34.1 Å². The van der Waals surface area contributed by atoms with Gasteiger partial charge < -0.3 is 15.4 Å². The summed E-state index contributed by atoms with van der Waals surface area (Å²) in [5.74, 6) is 1.37. The van der Waals surface area contributed by atoms with Crippen LogP contribution in [0, 0.1) is 13.8 Å². The van der Waals surface area contributed by atoms with Crippen LogP contribution in [0.25, 0.3) is 0 Å². The fourth-order valence-electron chi connectivity index (χ4n) is 2.36. The van der Waals surface area contributed by atoms with Crippen molar-refractivity contribution in [3.05, 3.63) is 29.3 Å². The summed E-state index contributed by atoms with van der Waals surface area (Å²) < 4.78 is 6.74. The molecule has 1 aliphatic heterocycles. The maximum Gasteiger partial charge on any atom is 0.233 e. The lowest BCUT2D eigenvalue weighted by Crippen LogP contribution is -2.56. The summed E-state index contributed by atoms with van der Waals surface area (Å²) in [6.07, 6.45) is 0.0703. The highest BCUT2D eigenvalue weighted by Gasteiger charge is 2.32. The lowest BCUT2D eigenvalue weighted by atomic mass is 10.1. The van der Waals surface area contributed by atoms with Gasteiger partial charge in [0.25, 0.3) is 0 Å². The van der Waals surface area contributed by atoms with Crippen LogP contribution in [0.1, 0.15) is 11.1 Å². The summed E-state index contributed by atoms with van der Waals surface area (Å²) in [6.45, 7) is 5.33. The minimum absolute atomic E-state index is 0.0703. The molecule has 122 valence electrons. The van der Waals surface area contributed by atoms with Crippen LogP contribution < -0.4 is 10.5 Å². The van der Waals surface area contributed by atoms with Gasteiger partial charge in [0.1, 0.15) is 11.9 Å². The monoisotopic (exact) mass is 350 g/mol. The van der Waals surface area contributed by atoms with Crippen LogP contribution in [0.2, 0.25) is 0 Å². The molecule has 2 heterocycles. The molecule has 1 saturated heterocycles. The molecule has 1 amide bonds. The number of nitrogens with two attached hydrogens (primary N) is 1. The molecule has 0 unspecified atom stereocenters. The van der Waals surface area contributed by atoms with Crippen molar-refractivity contribution in [3.63, 3.8) is 0 Å². The molecule has 2 N–H and O–H groups in total. The van der Waals surface area contributed by atoms with Gasteiger partial charge in [-0.3, -0.25) is 4.79 Å². The number of rotatable bonds is 5. The fraction of sp³-hybridized carbons (Fsp3) is 0.400. The Labute approximate surface area is 143 Å². The molecule has 1 fully saturated rings. The minimum atomic E-state index is 0.0703. The van der Waals surface area contributed by atoms with Crippen molar-refractivity contribution in [2.75, 3.05) is 24.6 Å². The van der Waals surface area contributed by atoms with Gasteiger partial charge in [-0.2, -0.15) is 0 Å². The molecule has 0 bridgehead atoms. The molecule has 0 spiro atoms. The van der Waals surface area contributed by atoms with E-state index in [1.807, 2.05) is 32.0 Å². The van der Waals surface area contributed by atoms with E-state index in [1.54, 1.807) is 4.90 Å². The van der Waals surface area contributed by atoms with E-state index in [1.165, 1.54) is 23.1 Å². The standard InChI is InChI=1S/C15H18N4O2S2/c1-9-4-3-5-10(2)13(9)21-11-6-19(7-11)12(20)8-22-15-18-17-14(16)23-15/h3-5,11H,6-8H2,1-2H3,(H2,16,17). The highest BCUT2D eigenvalue weighted by Crippen LogP contribution is 2.27. The quantitative estimate of drug-likeness (QED) is 0.832. The number of hydrogen-bond acceptors (Lipinski definition) is 7. The maximum absolute atomic E-state index is 12.1. The first-order valence-corrected chi connectivity index (χ1v) is 9.05. The molecule has 1 aromatic heterocycles. The second-order valence-corrected chi connectivity index (χ2v) is 7.69. The van der Waals surface area contributed by atoms with Crippen molar-refractivity contribution in [3.8, 4) is 5.75 Å². The molecular weight excluding hydrogens is 332 g/mol. The van der Waals surface area contributed by atoms with E-state index in [0.29, 0.717) is 24.0 Å². The molecule has 0 aliphatic carbocycles. The maximum atomic E-state index is 12.1. The number of nitrogens with zero attached hydrogens (tertiary/aromatic N) is 3. The Kier molecular flexibility index (Phi) is 4.72. The van der Waals surface area contributed by atoms with Crippen LogP contribution in [-0.4, -0.2) is 46.0 Å². The van der Waals surface area contributed by atoms with Gasteiger partial charge in [0, 0.05) is 0 Å². The van der Waals surface area contributed by atoms with E-state index in [0.717, 1.165) is 21.2 Å². The fourth-order valence-corrected chi connectivity index (χ4v) is 3.90. The van der Waals surface area contributed by atoms with Gasteiger partial charge in [0.2, 0.25) is 11.0 Å². The zero-order valence-corrected chi connectivity index (χ0v) is 14.6. The number of benzene rings is 1. The highest BCUT2D eigenvalue weighted by molar-refractivity contribution is 8.01. The molecule has 1 aliphatic rings. The zero-order valence-electron chi connectivity index (χ0n) is 13.0. The number of amides is 1. The smallest absolute Gasteiger partial charge is 0.233 e. The van der Waals surface area contributed by atoms with E-state index < -0.39 is 0 Å². The number of aromatic nitrogens is 2.